The van der Waals surface area contributed by atoms with E-state index in [0.29, 0.717) is 18.8 Å². The first kappa shape index (κ1) is 14.8. The first-order valence-corrected chi connectivity index (χ1v) is 6.67. The number of rotatable bonds is 5. The van der Waals surface area contributed by atoms with Gasteiger partial charge in [-0.15, -0.1) is 0 Å². The molecule has 0 aliphatic carbocycles. The van der Waals surface area contributed by atoms with Gasteiger partial charge in [-0.1, -0.05) is 6.92 Å². The zero-order chi connectivity index (χ0) is 15.4. The quantitative estimate of drug-likeness (QED) is 0.725. The van der Waals surface area contributed by atoms with Gasteiger partial charge in [-0.3, -0.25) is 24.3 Å². The van der Waals surface area contributed by atoms with Crippen LogP contribution in [0.15, 0.2) is 22.0 Å². The summed E-state index contributed by atoms with van der Waals surface area (Å²) < 4.78 is 1.34. The van der Waals surface area contributed by atoms with E-state index in [1.54, 1.807) is 12.4 Å². The lowest BCUT2D eigenvalue weighted by atomic mass is 10.3. The van der Waals surface area contributed by atoms with Crippen LogP contribution in [0.4, 0.5) is 11.5 Å². The predicted molar refractivity (Wildman–Crippen MR) is 80.1 cm³/mol. The molecule has 0 spiro atoms. The van der Waals surface area contributed by atoms with Crippen molar-refractivity contribution in [2.24, 2.45) is 0 Å². The van der Waals surface area contributed by atoms with Gasteiger partial charge in [-0.05, 0) is 13.3 Å². The summed E-state index contributed by atoms with van der Waals surface area (Å²) in [7, 11) is 0. The van der Waals surface area contributed by atoms with Crippen molar-refractivity contribution in [3.8, 4) is 0 Å². The summed E-state index contributed by atoms with van der Waals surface area (Å²) in [4.78, 5) is 34.1. The van der Waals surface area contributed by atoms with Gasteiger partial charge in [0.2, 0.25) is 0 Å². The van der Waals surface area contributed by atoms with E-state index in [0.717, 1.165) is 12.1 Å². The lowest BCUT2D eigenvalue weighted by Crippen LogP contribution is -2.34. The van der Waals surface area contributed by atoms with Crippen LogP contribution in [0.3, 0.4) is 0 Å². The Hall–Kier alpha value is -2.64. The predicted octanol–water partition coefficient (Wildman–Crippen LogP) is 0.239. The SMILES string of the molecule is CCCn1c(N)c(NCc2cnc(C)cn2)c(=O)[nH]c1=O. The first-order valence-electron chi connectivity index (χ1n) is 6.67. The highest BCUT2D eigenvalue weighted by Gasteiger charge is 2.11. The second kappa shape index (κ2) is 6.21. The third-order valence-electron chi connectivity index (χ3n) is 2.97. The molecule has 2 rings (SSSR count). The highest BCUT2D eigenvalue weighted by molar-refractivity contribution is 5.60. The van der Waals surface area contributed by atoms with E-state index in [-0.39, 0.29) is 11.5 Å². The Morgan fingerprint density at radius 1 is 1.33 bits per heavy atom. The fraction of sp³-hybridized carbons (Fsp3) is 0.385. The number of hydrogen-bond donors (Lipinski definition) is 3. The molecule has 0 saturated carbocycles. The summed E-state index contributed by atoms with van der Waals surface area (Å²) in [6.45, 7) is 4.50. The van der Waals surface area contributed by atoms with Crippen molar-refractivity contribution in [2.75, 3.05) is 11.1 Å². The summed E-state index contributed by atoms with van der Waals surface area (Å²) in [5.74, 6) is 0.130. The molecule has 0 aliphatic heterocycles. The van der Waals surface area contributed by atoms with E-state index in [2.05, 4.69) is 20.3 Å². The van der Waals surface area contributed by atoms with Crippen molar-refractivity contribution in [3.05, 3.63) is 44.6 Å². The lowest BCUT2D eigenvalue weighted by Gasteiger charge is -2.12. The normalized spacial score (nSPS) is 10.6. The molecular weight excluding hydrogens is 272 g/mol. The second-order valence-corrected chi connectivity index (χ2v) is 4.67. The Bertz CT molecular complexity index is 732. The van der Waals surface area contributed by atoms with E-state index in [1.165, 1.54) is 4.57 Å². The minimum atomic E-state index is -0.537. The Labute approximate surface area is 121 Å². The molecule has 112 valence electrons. The van der Waals surface area contributed by atoms with Crippen molar-refractivity contribution in [3.63, 3.8) is 0 Å². The number of anilines is 2. The van der Waals surface area contributed by atoms with Crippen LogP contribution >= 0.6 is 0 Å². The molecule has 8 nitrogen and oxygen atoms in total. The smallest absolute Gasteiger partial charge is 0.330 e. The lowest BCUT2D eigenvalue weighted by molar-refractivity contribution is 0.642. The highest BCUT2D eigenvalue weighted by Crippen LogP contribution is 2.11. The summed E-state index contributed by atoms with van der Waals surface area (Å²) in [5, 5.41) is 2.91. The van der Waals surface area contributed by atoms with E-state index >= 15 is 0 Å². The van der Waals surface area contributed by atoms with E-state index in [1.807, 2.05) is 13.8 Å². The minimum Gasteiger partial charge on any atom is -0.383 e. The number of aromatic amines is 1. The van der Waals surface area contributed by atoms with Gasteiger partial charge in [0.25, 0.3) is 5.56 Å². The number of aromatic nitrogens is 4. The summed E-state index contributed by atoms with van der Waals surface area (Å²) in [6.07, 6.45) is 4.00. The fourth-order valence-electron chi connectivity index (χ4n) is 1.89. The van der Waals surface area contributed by atoms with Gasteiger partial charge in [-0.2, -0.15) is 0 Å². The number of H-pyrrole nitrogens is 1. The van der Waals surface area contributed by atoms with Gasteiger partial charge in [-0.25, -0.2) is 4.79 Å². The van der Waals surface area contributed by atoms with Crippen LogP contribution in [0.5, 0.6) is 0 Å². The third-order valence-corrected chi connectivity index (χ3v) is 2.97. The molecule has 0 aromatic carbocycles. The molecule has 0 amide bonds. The summed E-state index contributed by atoms with van der Waals surface area (Å²) in [5.41, 5.74) is 6.52. The number of nitrogens with two attached hydrogens (primary N) is 1. The zero-order valence-corrected chi connectivity index (χ0v) is 12.0. The number of hydrogen-bond acceptors (Lipinski definition) is 6. The van der Waals surface area contributed by atoms with Crippen molar-refractivity contribution in [2.45, 2.75) is 33.4 Å². The maximum atomic E-state index is 11.8. The van der Waals surface area contributed by atoms with Gasteiger partial charge in [0.1, 0.15) is 11.5 Å². The Balaban J connectivity index is 2.27. The van der Waals surface area contributed by atoms with Crippen molar-refractivity contribution < 1.29 is 0 Å². The van der Waals surface area contributed by atoms with Crippen LogP contribution in [0.1, 0.15) is 24.7 Å². The monoisotopic (exact) mass is 290 g/mol. The number of aryl methyl sites for hydroxylation is 1. The molecule has 8 heteroatoms. The molecular formula is C13H18N6O2. The molecule has 0 aliphatic rings. The minimum absolute atomic E-state index is 0.130. The molecule has 2 aromatic rings. The van der Waals surface area contributed by atoms with Crippen molar-refractivity contribution in [1.29, 1.82) is 0 Å². The summed E-state index contributed by atoms with van der Waals surface area (Å²) in [6, 6.07) is 0. The third kappa shape index (κ3) is 3.28. The number of nitrogens with one attached hydrogen (secondary N) is 2. The highest BCUT2D eigenvalue weighted by atomic mass is 16.2. The van der Waals surface area contributed by atoms with Gasteiger partial charge >= 0.3 is 5.69 Å². The van der Waals surface area contributed by atoms with Crippen LogP contribution in [0, 0.1) is 6.92 Å². The average molecular weight is 290 g/mol. The molecule has 0 unspecified atom stereocenters. The maximum absolute atomic E-state index is 11.8. The number of nitrogens with zero attached hydrogens (tertiary/aromatic N) is 3. The Morgan fingerprint density at radius 3 is 2.71 bits per heavy atom. The fourth-order valence-corrected chi connectivity index (χ4v) is 1.89. The topological polar surface area (TPSA) is 119 Å². The molecule has 0 saturated heterocycles. The van der Waals surface area contributed by atoms with E-state index in [4.69, 9.17) is 5.73 Å². The standard InChI is InChI=1S/C13H18N6O2/c1-3-4-19-11(14)10(12(20)18-13(19)21)17-7-9-6-15-8(2)5-16-9/h5-6,17H,3-4,7,14H2,1-2H3,(H,18,20,21). The molecule has 0 fully saturated rings. The zero-order valence-electron chi connectivity index (χ0n) is 12.0. The molecule has 2 aromatic heterocycles. The van der Waals surface area contributed by atoms with E-state index in [9.17, 15) is 9.59 Å². The van der Waals surface area contributed by atoms with Crippen LogP contribution in [-0.4, -0.2) is 19.5 Å². The first-order chi connectivity index (χ1) is 10.0. The van der Waals surface area contributed by atoms with Gasteiger partial charge < -0.3 is 11.1 Å². The van der Waals surface area contributed by atoms with Crippen LogP contribution in [0.2, 0.25) is 0 Å². The van der Waals surface area contributed by atoms with Crippen molar-refractivity contribution in [1.82, 2.24) is 19.5 Å². The molecule has 0 bridgehead atoms. The van der Waals surface area contributed by atoms with Crippen LogP contribution < -0.4 is 22.3 Å². The molecule has 0 atom stereocenters. The molecule has 4 N–H and O–H groups in total. The summed E-state index contributed by atoms with van der Waals surface area (Å²) >= 11 is 0. The average Bonchev–Trinajstić information content (AvgIpc) is 2.45. The Kier molecular flexibility index (Phi) is 4.36. The Morgan fingerprint density at radius 2 is 2.10 bits per heavy atom. The van der Waals surface area contributed by atoms with Gasteiger partial charge in [0, 0.05) is 12.7 Å². The van der Waals surface area contributed by atoms with Gasteiger partial charge in [0.05, 0.1) is 24.1 Å². The van der Waals surface area contributed by atoms with Crippen LogP contribution in [-0.2, 0) is 13.1 Å². The van der Waals surface area contributed by atoms with Crippen LogP contribution in [0.25, 0.3) is 0 Å². The molecule has 0 radical (unpaired) electrons. The number of nitrogen functional groups attached to an aromatic ring is 1. The largest absolute Gasteiger partial charge is 0.383 e. The maximum Gasteiger partial charge on any atom is 0.330 e. The van der Waals surface area contributed by atoms with E-state index < -0.39 is 11.2 Å². The van der Waals surface area contributed by atoms with Crippen molar-refractivity contribution >= 4 is 11.5 Å². The van der Waals surface area contributed by atoms with Gasteiger partial charge in [0.15, 0.2) is 0 Å². The molecule has 21 heavy (non-hydrogen) atoms. The second-order valence-electron chi connectivity index (χ2n) is 4.67. The molecule has 2 heterocycles.